The van der Waals surface area contributed by atoms with Gasteiger partial charge in [0, 0.05) is 30.9 Å². The molecule has 1 fully saturated rings. The monoisotopic (exact) mass is 302 g/mol. The molecule has 0 aromatic carbocycles. The molecule has 0 aliphatic carbocycles. The Labute approximate surface area is 109 Å². The number of hydrogen-bond acceptors (Lipinski definition) is 3. The smallest absolute Gasteiger partial charge is 0.166 e. The highest BCUT2D eigenvalue weighted by atomic mass is 79.9. The fourth-order valence-corrected chi connectivity index (χ4v) is 2.33. The van der Waals surface area contributed by atoms with E-state index >= 15 is 0 Å². The lowest BCUT2D eigenvalue weighted by Crippen LogP contribution is -2.34. The molecule has 1 aliphatic heterocycles. The third-order valence-corrected chi connectivity index (χ3v) is 3.34. The molecule has 3 nitrogen and oxygen atoms in total. The van der Waals surface area contributed by atoms with Crippen LogP contribution < -0.4 is 4.90 Å². The van der Waals surface area contributed by atoms with Crippen LogP contribution in [0.15, 0.2) is 16.7 Å². The van der Waals surface area contributed by atoms with E-state index < -0.39 is 0 Å². The molecule has 5 heteroatoms. The summed E-state index contributed by atoms with van der Waals surface area (Å²) >= 11 is 3.20. The molecule has 0 amide bonds. The second-order valence-electron chi connectivity index (χ2n) is 4.33. The second-order valence-corrected chi connectivity index (χ2v) is 5.24. The maximum absolute atomic E-state index is 13.7. The van der Waals surface area contributed by atoms with Crippen molar-refractivity contribution in [1.29, 1.82) is 0 Å². The summed E-state index contributed by atoms with van der Waals surface area (Å²) in [6, 6.07) is 1.43. The first kappa shape index (κ1) is 12.8. The predicted molar refractivity (Wildman–Crippen MR) is 68.8 cm³/mol. The number of hydrogen-bond donors (Lipinski definition) is 0. The van der Waals surface area contributed by atoms with Gasteiger partial charge in [0.1, 0.15) is 0 Å². The Morgan fingerprint density at radius 1 is 1.59 bits per heavy atom. The molecule has 1 atom stereocenters. The van der Waals surface area contributed by atoms with Gasteiger partial charge in [-0.3, -0.25) is 0 Å². The van der Waals surface area contributed by atoms with E-state index in [1.54, 1.807) is 6.20 Å². The third kappa shape index (κ3) is 3.39. The van der Waals surface area contributed by atoms with E-state index in [9.17, 15) is 4.39 Å². The molecule has 1 aromatic heterocycles. The van der Waals surface area contributed by atoms with Crippen LogP contribution in [-0.2, 0) is 4.74 Å². The van der Waals surface area contributed by atoms with Crippen molar-refractivity contribution in [3.05, 3.63) is 22.6 Å². The number of aromatic nitrogens is 1. The Kier molecular flexibility index (Phi) is 4.34. The van der Waals surface area contributed by atoms with Crippen molar-refractivity contribution in [2.75, 3.05) is 25.1 Å². The van der Waals surface area contributed by atoms with Gasteiger partial charge < -0.3 is 9.64 Å². The minimum Gasteiger partial charge on any atom is -0.376 e. The molecular weight excluding hydrogens is 287 g/mol. The Hall–Kier alpha value is -0.680. The number of ether oxygens (including phenoxy) is 1. The van der Waals surface area contributed by atoms with Crippen LogP contribution in [0.25, 0.3) is 0 Å². The van der Waals surface area contributed by atoms with Crippen LogP contribution in [0.4, 0.5) is 10.2 Å². The summed E-state index contributed by atoms with van der Waals surface area (Å²) in [7, 11) is 1.84. The largest absolute Gasteiger partial charge is 0.376 e. The third-order valence-electron chi connectivity index (χ3n) is 2.90. The summed E-state index contributed by atoms with van der Waals surface area (Å²) in [6.45, 7) is 1.50. The van der Waals surface area contributed by atoms with Crippen molar-refractivity contribution in [1.82, 2.24) is 4.98 Å². The van der Waals surface area contributed by atoms with Crippen LogP contribution in [0.1, 0.15) is 19.3 Å². The van der Waals surface area contributed by atoms with Gasteiger partial charge in [-0.25, -0.2) is 9.37 Å². The Morgan fingerprint density at radius 2 is 2.41 bits per heavy atom. The van der Waals surface area contributed by atoms with Gasteiger partial charge in [0.25, 0.3) is 0 Å². The van der Waals surface area contributed by atoms with Crippen molar-refractivity contribution < 1.29 is 9.13 Å². The minimum absolute atomic E-state index is 0.193. The highest BCUT2D eigenvalue weighted by Gasteiger charge is 2.18. The molecule has 1 unspecified atom stereocenters. The highest BCUT2D eigenvalue weighted by Crippen LogP contribution is 2.21. The van der Waals surface area contributed by atoms with Gasteiger partial charge in [-0.2, -0.15) is 0 Å². The number of anilines is 1. The fourth-order valence-electron chi connectivity index (χ4n) is 2.03. The molecule has 2 rings (SSSR count). The molecule has 0 spiro atoms. The van der Waals surface area contributed by atoms with Gasteiger partial charge in [-0.15, -0.1) is 0 Å². The zero-order chi connectivity index (χ0) is 12.3. The van der Waals surface area contributed by atoms with E-state index in [0.717, 1.165) is 19.4 Å². The van der Waals surface area contributed by atoms with Crippen LogP contribution in [0.2, 0.25) is 0 Å². The van der Waals surface area contributed by atoms with Crippen LogP contribution in [-0.4, -0.2) is 31.3 Å². The van der Waals surface area contributed by atoms with E-state index in [4.69, 9.17) is 4.74 Å². The van der Waals surface area contributed by atoms with Gasteiger partial charge in [-0.1, -0.05) is 0 Å². The van der Waals surface area contributed by atoms with Crippen LogP contribution >= 0.6 is 15.9 Å². The SMILES string of the molecule is CN(CC1CCCCO1)c1ncc(Br)cc1F. The van der Waals surface area contributed by atoms with Crippen LogP contribution in [0.5, 0.6) is 0 Å². The molecule has 1 aromatic rings. The van der Waals surface area contributed by atoms with E-state index in [2.05, 4.69) is 20.9 Å². The van der Waals surface area contributed by atoms with Crippen molar-refractivity contribution in [2.24, 2.45) is 0 Å². The number of pyridine rings is 1. The Bertz CT molecular complexity index is 383. The summed E-state index contributed by atoms with van der Waals surface area (Å²) in [4.78, 5) is 5.91. The first-order valence-electron chi connectivity index (χ1n) is 5.80. The van der Waals surface area contributed by atoms with Gasteiger partial charge in [0.2, 0.25) is 0 Å². The predicted octanol–water partition coefficient (Wildman–Crippen LogP) is 2.99. The molecule has 0 radical (unpaired) electrons. The minimum atomic E-state index is -0.308. The normalized spacial score (nSPS) is 20.3. The molecule has 0 saturated carbocycles. The number of rotatable bonds is 3. The molecule has 0 bridgehead atoms. The fraction of sp³-hybridized carbons (Fsp3) is 0.583. The number of likely N-dealkylation sites (N-methyl/N-ethyl adjacent to an activating group) is 1. The molecule has 94 valence electrons. The maximum Gasteiger partial charge on any atom is 0.166 e. The number of halogens is 2. The van der Waals surface area contributed by atoms with Crippen molar-refractivity contribution in [2.45, 2.75) is 25.4 Å². The molecule has 17 heavy (non-hydrogen) atoms. The van der Waals surface area contributed by atoms with Crippen LogP contribution in [0, 0.1) is 5.82 Å². The van der Waals surface area contributed by atoms with E-state index in [1.165, 1.54) is 12.5 Å². The van der Waals surface area contributed by atoms with Gasteiger partial charge in [0.15, 0.2) is 11.6 Å². The summed E-state index contributed by atoms with van der Waals surface area (Å²) in [5.74, 6) is 0.0695. The lowest BCUT2D eigenvalue weighted by atomic mass is 10.1. The van der Waals surface area contributed by atoms with Gasteiger partial charge in [-0.05, 0) is 41.3 Å². The quantitative estimate of drug-likeness (QED) is 0.858. The van der Waals surface area contributed by atoms with E-state index in [-0.39, 0.29) is 11.9 Å². The zero-order valence-corrected chi connectivity index (χ0v) is 11.4. The van der Waals surface area contributed by atoms with Crippen LogP contribution in [0.3, 0.4) is 0 Å². The summed E-state index contributed by atoms with van der Waals surface area (Å²) in [6.07, 6.45) is 5.16. The summed E-state index contributed by atoms with van der Waals surface area (Å²) in [5, 5.41) is 0. The lowest BCUT2D eigenvalue weighted by Gasteiger charge is -2.28. The Morgan fingerprint density at radius 3 is 3.06 bits per heavy atom. The van der Waals surface area contributed by atoms with Gasteiger partial charge >= 0.3 is 0 Å². The highest BCUT2D eigenvalue weighted by molar-refractivity contribution is 9.10. The maximum atomic E-state index is 13.7. The van der Waals surface area contributed by atoms with E-state index in [1.807, 2.05) is 11.9 Å². The first-order valence-corrected chi connectivity index (χ1v) is 6.60. The number of nitrogens with zero attached hydrogens (tertiary/aromatic N) is 2. The lowest BCUT2D eigenvalue weighted by molar-refractivity contribution is 0.0215. The topological polar surface area (TPSA) is 25.4 Å². The average molecular weight is 303 g/mol. The van der Waals surface area contributed by atoms with E-state index in [0.29, 0.717) is 16.8 Å². The molecule has 1 saturated heterocycles. The zero-order valence-electron chi connectivity index (χ0n) is 9.83. The molecular formula is C12H16BrFN2O. The first-order chi connectivity index (χ1) is 8.16. The summed E-state index contributed by atoms with van der Waals surface area (Å²) < 4.78 is 20.0. The molecule has 2 heterocycles. The second kappa shape index (κ2) is 5.78. The van der Waals surface area contributed by atoms with Crippen molar-refractivity contribution in [3.8, 4) is 0 Å². The van der Waals surface area contributed by atoms with Crippen molar-refractivity contribution in [3.63, 3.8) is 0 Å². The molecule has 0 N–H and O–H groups in total. The standard InChI is InChI=1S/C12H16BrFN2O/c1-16(8-10-4-2-3-5-17-10)12-11(14)6-9(13)7-15-12/h6-7,10H,2-5,8H2,1H3. The average Bonchev–Trinajstić information content (AvgIpc) is 2.30. The Balaban J connectivity index is 2.00. The summed E-state index contributed by atoms with van der Waals surface area (Å²) in [5.41, 5.74) is 0. The molecule has 1 aliphatic rings. The van der Waals surface area contributed by atoms with Crippen molar-refractivity contribution >= 4 is 21.7 Å². The van der Waals surface area contributed by atoms with Gasteiger partial charge in [0.05, 0.1) is 6.10 Å².